The molecule has 1 heterocycles. The first-order valence-electron chi connectivity index (χ1n) is 5.06. The molecule has 17 heavy (non-hydrogen) atoms. The average Bonchev–Trinajstić information content (AvgIpc) is 2.28. The van der Waals surface area contributed by atoms with Gasteiger partial charge in [0.1, 0.15) is 11.6 Å². The van der Waals surface area contributed by atoms with Crippen molar-refractivity contribution in [1.82, 2.24) is 4.98 Å². The predicted molar refractivity (Wildman–Crippen MR) is 68.8 cm³/mol. The maximum atomic E-state index is 13.6. The molecular weight excluding hydrogens is 215 g/mol. The van der Waals surface area contributed by atoms with Gasteiger partial charge in [-0.2, -0.15) is 0 Å². The van der Waals surface area contributed by atoms with Gasteiger partial charge in [-0.25, -0.2) is 9.37 Å². The summed E-state index contributed by atoms with van der Waals surface area (Å²) in [6, 6.07) is 4.64. The molecule has 0 fully saturated rings. The lowest BCUT2D eigenvalue weighted by atomic mass is 10.00. The topological polar surface area (TPSA) is 38.9 Å². The third-order valence-corrected chi connectivity index (χ3v) is 2.52. The van der Waals surface area contributed by atoms with Crippen molar-refractivity contribution in [1.29, 1.82) is 0 Å². The Morgan fingerprint density at radius 3 is 2.82 bits per heavy atom. The molecule has 0 aliphatic carbocycles. The number of aromatic nitrogens is 1. The summed E-state index contributed by atoms with van der Waals surface area (Å²) in [5, 5.41) is 1.36. The number of hydrogen-bond acceptors (Lipinski definition) is 2. The number of anilines is 1. The number of rotatable bonds is 1. The lowest BCUT2D eigenvalue weighted by Crippen LogP contribution is -1.98. The van der Waals surface area contributed by atoms with Gasteiger partial charge in [0.15, 0.2) is 0 Å². The summed E-state index contributed by atoms with van der Waals surface area (Å²) in [4.78, 5) is 4.17. The molecule has 0 unspecified atom stereocenters. The van der Waals surface area contributed by atoms with Crippen LogP contribution in [0.2, 0.25) is 0 Å². The summed E-state index contributed by atoms with van der Waals surface area (Å²) in [6.45, 7) is 5.60. The molecule has 1 aromatic heterocycles. The lowest BCUT2D eigenvalue weighted by Gasteiger charge is -2.09. The molecule has 2 N–H and O–H groups in total. The average molecular weight is 226 g/mol. The molecule has 3 heteroatoms. The van der Waals surface area contributed by atoms with E-state index in [9.17, 15) is 4.39 Å². The van der Waals surface area contributed by atoms with E-state index in [-0.39, 0.29) is 5.56 Å². The standard InChI is InChI=1S/C14H11FN2/c1-4-10-11(15)6-5-9-7-12(16)17-14(8(2)3)13(9)10/h1,5-7H,2H2,3H3,(H2,16,17). The Balaban J connectivity index is 3.03. The number of terminal acetylenes is 1. The van der Waals surface area contributed by atoms with Crippen LogP contribution in [0.5, 0.6) is 0 Å². The number of fused-ring (bicyclic) bond motifs is 1. The van der Waals surface area contributed by atoms with Crippen molar-refractivity contribution in [3.8, 4) is 12.3 Å². The van der Waals surface area contributed by atoms with Gasteiger partial charge in [0, 0.05) is 5.39 Å². The summed E-state index contributed by atoms with van der Waals surface area (Å²) in [7, 11) is 0. The van der Waals surface area contributed by atoms with Crippen molar-refractivity contribution >= 4 is 22.2 Å². The highest BCUT2D eigenvalue weighted by atomic mass is 19.1. The molecule has 2 nitrogen and oxygen atoms in total. The van der Waals surface area contributed by atoms with E-state index in [4.69, 9.17) is 12.2 Å². The number of halogens is 1. The molecule has 0 atom stereocenters. The zero-order valence-corrected chi connectivity index (χ0v) is 9.42. The van der Waals surface area contributed by atoms with Gasteiger partial charge in [-0.05, 0) is 30.0 Å². The van der Waals surface area contributed by atoms with Crippen LogP contribution in [-0.4, -0.2) is 4.98 Å². The molecule has 0 bridgehead atoms. The second kappa shape index (κ2) is 3.91. The Morgan fingerprint density at radius 2 is 2.24 bits per heavy atom. The number of benzene rings is 1. The van der Waals surface area contributed by atoms with Gasteiger partial charge in [-0.15, -0.1) is 6.42 Å². The van der Waals surface area contributed by atoms with E-state index >= 15 is 0 Å². The summed E-state index contributed by atoms with van der Waals surface area (Å²) in [6.07, 6.45) is 5.35. The number of nitrogens with two attached hydrogens (primary N) is 1. The fourth-order valence-corrected chi connectivity index (χ4v) is 1.80. The smallest absolute Gasteiger partial charge is 0.139 e. The molecule has 0 aliphatic rings. The molecule has 1 aromatic carbocycles. The van der Waals surface area contributed by atoms with Gasteiger partial charge >= 0.3 is 0 Å². The number of nitrogen functional groups attached to an aromatic ring is 1. The molecule has 2 aromatic rings. The van der Waals surface area contributed by atoms with Crippen LogP contribution in [0.1, 0.15) is 18.2 Å². The van der Waals surface area contributed by atoms with E-state index in [1.807, 2.05) is 0 Å². The quantitative estimate of drug-likeness (QED) is 0.759. The van der Waals surface area contributed by atoms with Crippen molar-refractivity contribution in [2.75, 3.05) is 5.73 Å². The summed E-state index contributed by atoms with van der Waals surface area (Å²) >= 11 is 0. The van der Waals surface area contributed by atoms with Crippen LogP contribution in [0.25, 0.3) is 16.3 Å². The zero-order chi connectivity index (χ0) is 12.6. The highest BCUT2D eigenvalue weighted by Crippen LogP contribution is 2.28. The minimum Gasteiger partial charge on any atom is -0.384 e. The van der Waals surface area contributed by atoms with Gasteiger partial charge in [0.25, 0.3) is 0 Å². The van der Waals surface area contributed by atoms with E-state index in [0.717, 1.165) is 5.39 Å². The molecule has 0 aliphatic heterocycles. The third kappa shape index (κ3) is 1.74. The van der Waals surface area contributed by atoms with Crippen molar-refractivity contribution in [2.24, 2.45) is 0 Å². The largest absolute Gasteiger partial charge is 0.384 e. The van der Waals surface area contributed by atoms with Crippen LogP contribution in [0.3, 0.4) is 0 Å². The third-order valence-electron chi connectivity index (χ3n) is 2.52. The van der Waals surface area contributed by atoms with E-state index in [0.29, 0.717) is 22.5 Å². The van der Waals surface area contributed by atoms with Gasteiger partial charge in [-0.3, -0.25) is 0 Å². The van der Waals surface area contributed by atoms with E-state index in [1.54, 1.807) is 19.1 Å². The maximum Gasteiger partial charge on any atom is 0.139 e. The Kier molecular flexibility index (Phi) is 2.57. The molecular formula is C14H11FN2. The first-order valence-corrected chi connectivity index (χ1v) is 5.06. The van der Waals surface area contributed by atoms with E-state index in [1.165, 1.54) is 6.07 Å². The van der Waals surface area contributed by atoms with Crippen molar-refractivity contribution < 1.29 is 4.39 Å². The SMILES string of the molecule is C#Cc1c(F)ccc2cc(N)nc(C(=C)C)c12. The fourth-order valence-electron chi connectivity index (χ4n) is 1.80. The van der Waals surface area contributed by atoms with Crippen molar-refractivity contribution in [3.05, 3.63) is 41.9 Å². The minimum atomic E-state index is -0.436. The molecule has 0 saturated carbocycles. The Hall–Kier alpha value is -2.34. The van der Waals surface area contributed by atoms with Crippen molar-refractivity contribution in [2.45, 2.75) is 6.92 Å². The van der Waals surface area contributed by atoms with Crippen LogP contribution < -0.4 is 5.73 Å². The van der Waals surface area contributed by atoms with Crippen LogP contribution in [0.4, 0.5) is 10.2 Å². The minimum absolute atomic E-state index is 0.202. The van der Waals surface area contributed by atoms with Crippen LogP contribution in [0.15, 0.2) is 24.8 Å². The normalized spacial score (nSPS) is 10.2. The first-order chi connectivity index (χ1) is 8.04. The second-order valence-corrected chi connectivity index (χ2v) is 3.84. The highest BCUT2D eigenvalue weighted by Gasteiger charge is 2.12. The summed E-state index contributed by atoms with van der Waals surface area (Å²) in [5.41, 5.74) is 7.14. The molecule has 0 radical (unpaired) electrons. The molecule has 84 valence electrons. The Bertz CT molecular complexity index is 666. The number of allylic oxidation sites excluding steroid dienone is 1. The zero-order valence-electron chi connectivity index (χ0n) is 9.42. The summed E-state index contributed by atoms with van der Waals surface area (Å²) in [5.74, 6) is 2.29. The van der Waals surface area contributed by atoms with Crippen LogP contribution in [0, 0.1) is 18.2 Å². The molecule has 0 saturated heterocycles. The predicted octanol–water partition coefficient (Wildman–Crippen LogP) is 2.97. The fraction of sp³-hybridized carbons (Fsp3) is 0.0714. The Morgan fingerprint density at radius 1 is 1.53 bits per heavy atom. The maximum absolute atomic E-state index is 13.6. The highest BCUT2D eigenvalue weighted by molar-refractivity contribution is 5.97. The van der Waals surface area contributed by atoms with Crippen LogP contribution >= 0.6 is 0 Å². The first kappa shape index (κ1) is 11.2. The van der Waals surface area contributed by atoms with Gasteiger partial charge in [0.05, 0.1) is 11.3 Å². The van der Waals surface area contributed by atoms with Gasteiger partial charge in [-0.1, -0.05) is 18.6 Å². The summed E-state index contributed by atoms with van der Waals surface area (Å²) < 4.78 is 13.6. The van der Waals surface area contributed by atoms with E-state index in [2.05, 4.69) is 17.5 Å². The molecule has 0 amide bonds. The van der Waals surface area contributed by atoms with Gasteiger partial charge in [0.2, 0.25) is 0 Å². The Labute approximate surface area is 99.0 Å². The number of hydrogen-bond donors (Lipinski definition) is 1. The van der Waals surface area contributed by atoms with Crippen molar-refractivity contribution in [3.63, 3.8) is 0 Å². The molecule has 0 spiro atoms. The van der Waals surface area contributed by atoms with Crippen LogP contribution in [-0.2, 0) is 0 Å². The van der Waals surface area contributed by atoms with E-state index < -0.39 is 5.82 Å². The lowest BCUT2D eigenvalue weighted by molar-refractivity contribution is 0.626. The second-order valence-electron chi connectivity index (χ2n) is 3.84. The number of pyridine rings is 1. The molecule has 2 rings (SSSR count). The monoisotopic (exact) mass is 226 g/mol. The number of nitrogens with zero attached hydrogens (tertiary/aromatic N) is 1. The van der Waals surface area contributed by atoms with Gasteiger partial charge < -0.3 is 5.73 Å².